The van der Waals surface area contributed by atoms with Crippen LogP contribution in [0.1, 0.15) is 61.5 Å². The molecule has 5 heteroatoms. The number of halogens is 1. The number of rotatable bonds is 3. The highest BCUT2D eigenvalue weighted by molar-refractivity contribution is 6.07. The van der Waals surface area contributed by atoms with E-state index in [1.807, 2.05) is 12.1 Å². The van der Waals surface area contributed by atoms with E-state index in [4.69, 9.17) is 4.74 Å². The first-order chi connectivity index (χ1) is 14.6. The molecule has 2 aromatic rings. The van der Waals surface area contributed by atoms with Crippen molar-refractivity contribution in [1.82, 2.24) is 0 Å². The van der Waals surface area contributed by atoms with Crippen LogP contribution >= 0.6 is 0 Å². The minimum absolute atomic E-state index is 0.0615. The van der Waals surface area contributed by atoms with E-state index in [2.05, 4.69) is 20.8 Å². The Morgan fingerprint density at radius 1 is 1.16 bits per heavy atom. The van der Waals surface area contributed by atoms with E-state index >= 15 is 0 Å². The fraction of sp³-hybridized carbons (Fsp3) is 0.500. The predicted molar refractivity (Wildman–Crippen MR) is 120 cm³/mol. The number of nitrogens with zero attached hydrogens (tertiary/aromatic N) is 1. The lowest BCUT2D eigenvalue weighted by Gasteiger charge is -2.56. The summed E-state index contributed by atoms with van der Waals surface area (Å²) in [5.74, 6) is 0.408. The van der Waals surface area contributed by atoms with Crippen LogP contribution in [0.5, 0.6) is 5.75 Å². The van der Waals surface area contributed by atoms with Crippen LogP contribution in [-0.4, -0.2) is 31.3 Å². The van der Waals surface area contributed by atoms with Crippen molar-refractivity contribution < 1.29 is 19.0 Å². The molecule has 4 rings (SSSR count). The fourth-order valence-electron chi connectivity index (χ4n) is 6.01. The van der Waals surface area contributed by atoms with Crippen molar-refractivity contribution in [3.05, 3.63) is 58.9 Å². The summed E-state index contributed by atoms with van der Waals surface area (Å²) >= 11 is 0. The molecule has 0 radical (unpaired) electrons. The monoisotopic (exact) mass is 425 g/mol. The summed E-state index contributed by atoms with van der Waals surface area (Å²) in [6, 6.07) is 9.92. The van der Waals surface area contributed by atoms with E-state index in [1.165, 1.54) is 28.2 Å². The van der Waals surface area contributed by atoms with E-state index in [-0.39, 0.29) is 28.7 Å². The number of benzene rings is 2. The van der Waals surface area contributed by atoms with E-state index in [0.29, 0.717) is 22.9 Å². The zero-order valence-electron chi connectivity index (χ0n) is 19.0. The number of hydrogen-bond donors (Lipinski definition) is 1. The SMILES string of the molecule is COc1cc2c(cc1C(=O)N(C)c1ccc(F)cc1)CC[C@H]1C(C)(C)[C@@H](O)CC[C@]21C. The number of aryl methyl sites for hydroxylation is 1. The smallest absolute Gasteiger partial charge is 0.261 e. The molecule has 2 aromatic carbocycles. The highest BCUT2D eigenvalue weighted by Crippen LogP contribution is 2.57. The van der Waals surface area contributed by atoms with Gasteiger partial charge in [0.15, 0.2) is 0 Å². The third-order valence-corrected chi connectivity index (χ3v) is 7.96. The van der Waals surface area contributed by atoms with Gasteiger partial charge in [-0.05, 0) is 90.0 Å². The van der Waals surface area contributed by atoms with Crippen molar-refractivity contribution in [2.24, 2.45) is 11.3 Å². The van der Waals surface area contributed by atoms with Crippen molar-refractivity contribution in [2.45, 2.75) is 58.0 Å². The number of ether oxygens (including phenoxy) is 1. The summed E-state index contributed by atoms with van der Waals surface area (Å²) in [7, 11) is 3.28. The number of aliphatic hydroxyl groups excluding tert-OH is 1. The first-order valence-electron chi connectivity index (χ1n) is 11.0. The Kier molecular flexibility index (Phi) is 5.37. The van der Waals surface area contributed by atoms with Gasteiger partial charge < -0.3 is 14.7 Å². The maximum absolute atomic E-state index is 13.3. The summed E-state index contributed by atoms with van der Waals surface area (Å²) < 4.78 is 19.0. The Morgan fingerprint density at radius 3 is 2.48 bits per heavy atom. The van der Waals surface area contributed by atoms with Gasteiger partial charge in [-0.3, -0.25) is 4.79 Å². The van der Waals surface area contributed by atoms with Crippen LogP contribution in [0.4, 0.5) is 10.1 Å². The third kappa shape index (κ3) is 3.43. The highest BCUT2D eigenvalue weighted by Gasteiger charge is 2.53. The lowest BCUT2D eigenvalue weighted by Crippen LogP contribution is -2.53. The van der Waals surface area contributed by atoms with Gasteiger partial charge in [0.25, 0.3) is 5.91 Å². The molecule has 0 bridgehead atoms. The second kappa shape index (κ2) is 7.63. The van der Waals surface area contributed by atoms with Crippen LogP contribution in [-0.2, 0) is 11.8 Å². The molecule has 0 spiro atoms. The van der Waals surface area contributed by atoms with Crippen molar-refractivity contribution in [3.63, 3.8) is 0 Å². The molecule has 1 fully saturated rings. The van der Waals surface area contributed by atoms with Crippen LogP contribution in [0.15, 0.2) is 36.4 Å². The fourth-order valence-corrected chi connectivity index (χ4v) is 6.01. The second-order valence-electron chi connectivity index (χ2n) is 9.93. The molecule has 0 heterocycles. The van der Waals surface area contributed by atoms with Crippen molar-refractivity contribution in [3.8, 4) is 5.75 Å². The molecule has 1 amide bonds. The molecule has 1 saturated carbocycles. The van der Waals surface area contributed by atoms with Crippen molar-refractivity contribution in [1.29, 1.82) is 0 Å². The molecule has 2 aliphatic rings. The average Bonchev–Trinajstić information content (AvgIpc) is 2.75. The standard InChI is InChI=1S/C26H32FNO3/c1-25(2)22-11-6-16-14-19(24(30)28(4)18-9-7-17(27)8-10-18)21(31-5)15-20(16)26(22,3)13-12-23(25)29/h7-10,14-15,22-23,29H,6,11-13H2,1-5H3/t22-,23-,26+/m0/s1. The molecular weight excluding hydrogens is 393 g/mol. The number of carbonyl (C=O) groups excluding carboxylic acids is 1. The quantitative estimate of drug-likeness (QED) is 0.743. The Bertz CT molecular complexity index is 1000. The zero-order chi connectivity index (χ0) is 22.6. The van der Waals surface area contributed by atoms with Crippen molar-refractivity contribution >= 4 is 11.6 Å². The summed E-state index contributed by atoms with van der Waals surface area (Å²) in [5, 5.41) is 10.6. The summed E-state index contributed by atoms with van der Waals surface area (Å²) in [6.07, 6.45) is 3.26. The predicted octanol–water partition coefficient (Wildman–Crippen LogP) is 5.11. The van der Waals surface area contributed by atoms with Gasteiger partial charge in [0.05, 0.1) is 18.8 Å². The summed E-state index contributed by atoms with van der Waals surface area (Å²) in [4.78, 5) is 14.8. The van der Waals surface area contributed by atoms with Gasteiger partial charge in [-0.15, -0.1) is 0 Å². The number of aliphatic hydroxyl groups is 1. The van der Waals surface area contributed by atoms with Gasteiger partial charge in [0.1, 0.15) is 11.6 Å². The van der Waals surface area contributed by atoms with Gasteiger partial charge in [-0.2, -0.15) is 0 Å². The molecule has 0 unspecified atom stereocenters. The van der Waals surface area contributed by atoms with Crippen LogP contribution < -0.4 is 9.64 Å². The number of anilines is 1. The normalized spacial score (nSPS) is 26.5. The highest BCUT2D eigenvalue weighted by atomic mass is 19.1. The van der Waals surface area contributed by atoms with E-state index in [1.54, 1.807) is 26.3 Å². The molecule has 31 heavy (non-hydrogen) atoms. The molecule has 0 saturated heterocycles. The van der Waals surface area contributed by atoms with Crippen LogP contribution in [0.3, 0.4) is 0 Å². The molecule has 0 aromatic heterocycles. The average molecular weight is 426 g/mol. The Hall–Kier alpha value is -2.40. The van der Waals surface area contributed by atoms with E-state index in [0.717, 1.165) is 25.7 Å². The van der Waals surface area contributed by atoms with Gasteiger partial charge in [0, 0.05) is 12.7 Å². The third-order valence-electron chi connectivity index (χ3n) is 7.96. The summed E-state index contributed by atoms with van der Waals surface area (Å²) in [5.41, 5.74) is 3.35. The largest absolute Gasteiger partial charge is 0.496 e. The number of hydrogen-bond acceptors (Lipinski definition) is 3. The minimum Gasteiger partial charge on any atom is -0.496 e. The van der Waals surface area contributed by atoms with Crippen LogP contribution in [0.2, 0.25) is 0 Å². The second-order valence-corrected chi connectivity index (χ2v) is 9.93. The number of fused-ring (bicyclic) bond motifs is 3. The number of methoxy groups -OCH3 is 1. The maximum Gasteiger partial charge on any atom is 0.261 e. The number of amides is 1. The molecular formula is C26H32FNO3. The zero-order valence-corrected chi connectivity index (χ0v) is 19.0. The first kappa shape index (κ1) is 21.8. The lowest BCUT2D eigenvalue weighted by atomic mass is 9.49. The van der Waals surface area contributed by atoms with E-state index < -0.39 is 0 Å². The van der Waals surface area contributed by atoms with Gasteiger partial charge in [-0.25, -0.2) is 4.39 Å². The molecule has 2 aliphatic carbocycles. The van der Waals surface area contributed by atoms with Gasteiger partial charge in [-0.1, -0.05) is 20.8 Å². The van der Waals surface area contributed by atoms with Crippen LogP contribution in [0.25, 0.3) is 0 Å². The topological polar surface area (TPSA) is 49.8 Å². The molecule has 166 valence electrons. The van der Waals surface area contributed by atoms with E-state index in [9.17, 15) is 14.3 Å². The molecule has 1 N–H and O–H groups in total. The summed E-state index contributed by atoms with van der Waals surface area (Å²) in [6.45, 7) is 6.66. The molecule has 0 aliphatic heterocycles. The Balaban J connectivity index is 1.74. The lowest BCUT2D eigenvalue weighted by molar-refractivity contribution is -0.0731. The van der Waals surface area contributed by atoms with Gasteiger partial charge in [0.2, 0.25) is 0 Å². The molecule has 4 nitrogen and oxygen atoms in total. The maximum atomic E-state index is 13.3. The van der Waals surface area contributed by atoms with Crippen LogP contribution in [0, 0.1) is 17.2 Å². The minimum atomic E-state index is -0.334. The number of carbonyl (C=O) groups is 1. The van der Waals surface area contributed by atoms with Gasteiger partial charge >= 0.3 is 0 Å². The Labute approximate surface area is 184 Å². The Morgan fingerprint density at radius 2 is 1.84 bits per heavy atom. The van der Waals surface area contributed by atoms with Crippen molar-refractivity contribution in [2.75, 3.05) is 19.1 Å². The first-order valence-corrected chi connectivity index (χ1v) is 11.0. The molecule has 3 atom stereocenters.